The fraction of sp³-hybridized carbons (Fsp3) is 0.583. The monoisotopic (exact) mass is 175 g/mol. The third-order valence-corrected chi connectivity index (χ3v) is 3.09. The van der Waals surface area contributed by atoms with Gasteiger partial charge in [0, 0.05) is 18.1 Å². The fourth-order valence-corrected chi connectivity index (χ4v) is 2.25. The van der Waals surface area contributed by atoms with Crippen molar-refractivity contribution in [3.63, 3.8) is 0 Å². The van der Waals surface area contributed by atoms with Crippen LogP contribution in [0.15, 0.2) is 29.3 Å². The lowest BCUT2D eigenvalue weighted by Gasteiger charge is -2.19. The van der Waals surface area contributed by atoms with E-state index in [1.165, 1.54) is 19.3 Å². The molecule has 0 spiro atoms. The summed E-state index contributed by atoms with van der Waals surface area (Å²) in [5.74, 6) is 1.36. The smallest absolute Gasteiger partial charge is 0.0567 e. The number of aliphatic imine (C=N–C) groups is 1. The SMILES string of the molecule is CCC1C=NC2CCC=CC=CC12. The molecule has 0 N–H and O–H groups in total. The van der Waals surface area contributed by atoms with Crippen LogP contribution < -0.4 is 0 Å². The maximum atomic E-state index is 4.60. The van der Waals surface area contributed by atoms with Crippen molar-refractivity contribution in [2.75, 3.05) is 0 Å². The van der Waals surface area contributed by atoms with E-state index in [1.54, 1.807) is 0 Å². The average molecular weight is 175 g/mol. The van der Waals surface area contributed by atoms with Crippen LogP contribution in [0.2, 0.25) is 0 Å². The molecule has 2 aliphatic rings. The van der Waals surface area contributed by atoms with E-state index in [1.807, 2.05) is 0 Å². The van der Waals surface area contributed by atoms with Crippen molar-refractivity contribution in [1.82, 2.24) is 0 Å². The molecule has 0 bridgehead atoms. The number of nitrogens with zero attached hydrogens (tertiary/aromatic N) is 1. The Hall–Kier alpha value is -0.850. The number of hydrogen-bond donors (Lipinski definition) is 0. The first-order chi connectivity index (χ1) is 6.42. The van der Waals surface area contributed by atoms with E-state index in [9.17, 15) is 0 Å². The van der Waals surface area contributed by atoms with Gasteiger partial charge in [-0.25, -0.2) is 0 Å². The van der Waals surface area contributed by atoms with Crippen molar-refractivity contribution in [2.24, 2.45) is 16.8 Å². The molecule has 0 radical (unpaired) electrons. The van der Waals surface area contributed by atoms with E-state index in [0.29, 0.717) is 17.9 Å². The molecule has 0 saturated carbocycles. The van der Waals surface area contributed by atoms with Crippen molar-refractivity contribution in [3.05, 3.63) is 24.3 Å². The van der Waals surface area contributed by atoms with Crippen LogP contribution in [0.4, 0.5) is 0 Å². The third kappa shape index (κ3) is 1.74. The van der Waals surface area contributed by atoms with Gasteiger partial charge in [-0.3, -0.25) is 4.99 Å². The highest BCUT2D eigenvalue weighted by Gasteiger charge is 2.29. The second kappa shape index (κ2) is 3.91. The highest BCUT2D eigenvalue weighted by atomic mass is 14.8. The zero-order chi connectivity index (χ0) is 9.10. The van der Waals surface area contributed by atoms with Gasteiger partial charge in [0.2, 0.25) is 0 Å². The van der Waals surface area contributed by atoms with Gasteiger partial charge in [0.15, 0.2) is 0 Å². The molecule has 3 atom stereocenters. The quantitative estimate of drug-likeness (QED) is 0.581. The molecule has 0 fully saturated rings. The summed E-state index contributed by atoms with van der Waals surface area (Å²) in [6.07, 6.45) is 14.7. The first kappa shape index (κ1) is 8.74. The van der Waals surface area contributed by atoms with Crippen molar-refractivity contribution < 1.29 is 0 Å². The van der Waals surface area contributed by atoms with E-state index < -0.39 is 0 Å². The Morgan fingerprint density at radius 3 is 3.15 bits per heavy atom. The summed E-state index contributed by atoms with van der Waals surface area (Å²) in [7, 11) is 0. The second-order valence-corrected chi connectivity index (χ2v) is 3.91. The van der Waals surface area contributed by atoms with Crippen LogP contribution in [0.25, 0.3) is 0 Å². The van der Waals surface area contributed by atoms with E-state index in [0.717, 1.165) is 0 Å². The summed E-state index contributed by atoms with van der Waals surface area (Å²) in [6, 6.07) is 0.561. The van der Waals surface area contributed by atoms with Gasteiger partial charge in [-0.15, -0.1) is 0 Å². The lowest BCUT2D eigenvalue weighted by Crippen LogP contribution is -2.19. The molecule has 0 amide bonds. The number of hydrogen-bond acceptors (Lipinski definition) is 1. The summed E-state index contributed by atoms with van der Waals surface area (Å²) >= 11 is 0. The molecule has 0 aromatic heterocycles. The van der Waals surface area contributed by atoms with Crippen molar-refractivity contribution >= 4 is 6.21 Å². The lowest BCUT2D eigenvalue weighted by molar-refractivity contribution is 0.429. The standard InChI is InChI=1S/C12H17N/c1-2-10-9-13-12-8-6-4-3-5-7-11(10)12/h3-5,7,9-12H,2,6,8H2,1H3. The zero-order valence-electron chi connectivity index (χ0n) is 8.19. The molecule has 3 unspecified atom stereocenters. The molecule has 70 valence electrons. The van der Waals surface area contributed by atoms with E-state index in [2.05, 4.69) is 42.4 Å². The van der Waals surface area contributed by atoms with Crippen LogP contribution in [-0.4, -0.2) is 12.3 Å². The Bertz CT molecular complexity index is 250. The molecule has 1 heterocycles. The Kier molecular flexibility index (Phi) is 2.62. The zero-order valence-corrected chi connectivity index (χ0v) is 8.19. The van der Waals surface area contributed by atoms with Gasteiger partial charge in [-0.05, 0) is 19.3 Å². The highest BCUT2D eigenvalue weighted by molar-refractivity contribution is 5.65. The van der Waals surface area contributed by atoms with Crippen LogP contribution in [0.3, 0.4) is 0 Å². The summed E-state index contributed by atoms with van der Waals surface area (Å²) in [6.45, 7) is 2.25. The molecule has 1 aliphatic heterocycles. The van der Waals surface area contributed by atoms with Crippen LogP contribution in [0, 0.1) is 11.8 Å². The van der Waals surface area contributed by atoms with E-state index in [4.69, 9.17) is 0 Å². The molecule has 1 nitrogen and oxygen atoms in total. The van der Waals surface area contributed by atoms with Gasteiger partial charge >= 0.3 is 0 Å². The predicted molar refractivity (Wildman–Crippen MR) is 57.1 cm³/mol. The molecule has 0 aromatic rings. The third-order valence-electron chi connectivity index (χ3n) is 3.09. The van der Waals surface area contributed by atoms with Gasteiger partial charge in [-0.2, -0.15) is 0 Å². The maximum Gasteiger partial charge on any atom is 0.0567 e. The van der Waals surface area contributed by atoms with Crippen LogP contribution >= 0.6 is 0 Å². The Labute approximate surface area is 80.3 Å². The van der Waals surface area contributed by atoms with Gasteiger partial charge < -0.3 is 0 Å². The summed E-state index contributed by atoms with van der Waals surface area (Å²) in [5.41, 5.74) is 0. The van der Waals surface area contributed by atoms with Crippen LogP contribution in [0.1, 0.15) is 26.2 Å². The molecule has 0 saturated heterocycles. The van der Waals surface area contributed by atoms with Crippen molar-refractivity contribution in [2.45, 2.75) is 32.2 Å². The minimum Gasteiger partial charge on any atom is -0.293 e. The molecule has 0 aromatic carbocycles. The van der Waals surface area contributed by atoms with Gasteiger partial charge in [-0.1, -0.05) is 31.2 Å². The minimum absolute atomic E-state index is 0.561. The topological polar surface area (TPSA) is 12.4 Å². The summed E-state index contributed by atoms with van der Waals surface area (Å²) in [4.78, 5) is 4.60. The maximum absolute atomic E-state index is 4.60. The molecule has 2 rings (SSSR count). The summed E-state index contributed by atoms with van der Waals surface area (Å²) < 4.78 is 0. The van der Waals surface area contributed by atoms with Crippen molar-refractivity contribution in [1.29, 1.82) is 0 Å². The predicted octanol–water partition coefficient (Wildman–Crippen LogP) is 2.99. The van der Waals surface area contributed by atoms with Gasteiger partial charge in [0.05, 0.1) is 6.04 Å². The normalized spacial score (nSPS) is 37.2. The van der Waals surface area contributed by atoms with Crippen molar-refractivity contribution in [3.8, 4) is 0 Å². The van der Waals surface area contributed by atoms with Gasteiger partial charge in [0.25, 0.3) is 0 Å². The summed E-state index contributed by atoms with van der Waals surface area (Å²) in [5, 5.41) is 0. The molecular weight excluding hydrogens is 158 g/mol. The van der Waals surface area contributed by atoms with E-state index in [-0.39, 0.29) is 0 Å². The molecule has 13 heavy (non-hydrogen) atoms. The lowest BCUT2D eigenvalue weighted by atomic mass is 9.85. The Balaban J connectivity index is 2.14. The van der Waals surface area contributed by atoms with E-state index >= 15 is 0 Å². The second-order valence-electron chi connectivity index (χ2n) is 3.91. The number of rotatable bonds is 1. The first-order valence-corrected chi connectivity index (χ1v) is 5.28. The Morgan fingerprint density at radius 1 is 1.38 bits per heavy atom. The Morgan fingerprint density at radius 2 is 2.31 bits per heavy atom. The molecular formula is C12H17N. The molecule has 1 aliphatic carbocycles. The minimum atomic E-state index is 0.561. The average Bonchev–Trinajstić information content (AvgIpc) is 2.46. The highest BCUT2D eigenvalue weighted by Crippen LogP contribution is 2.31. The van der Waals surface area contributed by atoms with Crippen LogP contribution in [-0.2, 0) is 0 Å². The largest absolute Gasteiger partial charge is 0.293 e. The molecule has 1 heteroatoms. The number of allylic oxidation sites excluding steroid dienone is 3. The first-order valence-electron chi connectivity index (χ1n) is 5.28. The van der Waals surface area contributed by atoms with Gasteiger partial charge in [0.1, 0.15) is 0 Å². The number of fused-ring (bicyclic) bond motifs is 1. The fourth-order valence-electron chi connectivity index (χ4n) is 2.25. The van der Waals surface area contributed by atoms with Crippen LogP contribution in [0.5, 0.6) is 0 Å².